The van der Waals surface area contributed by atoms with Crippen molar-refractivity contribution >= 4 is 62.4 Å². The zero-order chi connectivity index (χ0) is 26.3. The van der Waals surface area contributed by atoms with Crippen LogP contribution >= 0.6 is 39.0 Å². The summed E-state index contributed by atoms with van der Waals surface area (Å²) in [5.74, 6) is -1.70. The summed E-state index contributed by atoms with van der Waals surface area (Å²) in [5, 5.41) is 13.1. The molecule has 7 atom stereocenters. The zero-order valence-corrected chi connectivity index (χ0v) is 23.0. The lowest BCUT2D eigenvalue weighted by Gasteiger charge is -2.43. The van der Waals surface area contributed by atoms with Gasteiger partial charge in [0.1, 0.15) is 12.3 Å². The summed E-state index contributed by atoms with van der Waals surface area (Å²) in [5.41, 5.74) is 1.57. The Morgan fingerprint density at radius 3 is 2.55 bits per heavy atom. The number of aromatic hydroxyl groups is 1. The van der Waals surface area contributed by atoms with Crippen LogP contribution in [-0.4, -0.2) is 44.5 Å². The van der Waals surface area contributed by atoms with E-state index in [1.54, 1.807) is 23.9 Å². The summed E-state index contributed by atoms with van der Waals surface area (Å²) in [4.78, 5) is 57.4. The summed E-state index contributed by atoms with van der Waals surface area (Å²) in [6.45, 7) is -0.330. The predicted molar refractivity (Wildman–Crippen MR) is 146 cm³/mol. The quantitative estimate of drug-likeness (QED) is 0.303. The summed E-state index contributed by atoms with van der Waals surface area (Å²) in [6.07, 6.45) is 0.798. The van der Waals surface area contributed by atoms with E-state index in [0.29, 0.717) is 5.69 Å². The lowest BCUT2D eigenvalue weighted by Crippen LogP contribution is -2.42. The van der Waals surface area contributed by atoms with E-state index in [2.05, 4.69) is 38.4 Å². The van der Waals surface area contributed by atoms with Gasteiger partial charge in [0.05, 0.1) is 16.9 Å². The van der Waals surface area contributed by atoms with Gasteiger partial charge in [-0.2, -0.15) is 0 Å². The third kappa shape index (κ3) is 3.62. The minimum atomic E-state index is -0.455. The summed E-state index contributed by atoms with van der Waals surface area (Å²) in [7, 11) is 0. The lowest BCUT2D eigenvalue weighted by molar-refractivity contribution is -0.143. The molecule has 2 bridgehead atoms. The third-order valence-corrected chi connectivity index (χ3v) is 11.6. The SMILES string of the molecule is O=C(CN1C(=O)C2C3CC(C2C1=O)C1C3Sc2[nH]c(=O)sc2[C@@H]1c1cccc(Br)c1)Nc1ccc(O)cc1. The Morgan fingerprint density at radius 1 is 1.08 bits per heavy atom. The van der Waals surface area contributed by atoms with Crippen molar-refractivity contribution in [3.8, 4) is 5.75 Å². The van der Waals surface area contributed by atoms with Crippen LogP contribution in [0.25, 0.3) is 0 Å². The number of anilines is 1. The largest absolute Gasteiger partial charge is 0.508 e. The Kier molecular flexibility index (Phi) is 5.61. The number of H-pyrrole nitrogens is 1. The van der Waals surface area contributed by atoms with Gasteiger partial charge in [0.2, 0.25) is 17.7 Å². The molecule has 3 N–H and O–H groups in total. The number of aromatic amines is 1. The number of nitrogens with zero attached hydrogens (tertiary/aromatic N) is 1. The standard InChI is InChI=1S/C27H22BrN3O5S2/c28-12-3-1-2-11(8-12)18-19-15-9-16(22(19)37-24-23(18)38-27(36)30-24)21-20(15)25(34)31(26(21)35)10-17(33)29-13-4-6-14(32)7-5-13/h1-8,15-16,18-22,32H,9-10H2,(H,29,33)(H,30,36)/t15?,16?,18-,19?,20?,21?,22?/m1/s1. The van der Waals surface area contributed by atoms with Crippen LogP contribution in [0.4, 0.5) is 5.69 Å². The number of aromatic nitrogens is 1. The van der Waals surface area contributed by atoms with Crippen LogP contribution in [0.2, 0.25) is 0 Å². The number of likely N-dealkylation sites (tertiary alicyclic amines) is 1. The van der Waals surface area contributed by atoms with Crippen LogP contribution in [0.1, 0.15) is 22.8 Å². The smallest absolute Gasteiger partial charge is 0.305 e. The molecule has 11 heteroatoms. The molecule has 3 amide bonds. The van der Waals surface area contributed by atoms with E-state index < -0.39 is 17.7 Å². The second-order valence-electron chi connectivity index (χ2n) is 10.4. The molecule has 2 saturated carbocycles. The van der Waals surface area contributed by atoms with E-state index >= 15 is 0 Å². The summed E-state index contributed by atoms with van der Waals surface area (Å²) >= 11 is 6.46. The molecule has 2 aromatic carbocycles. The highest BCUT2D eigenvalue weighted by Crippen LogP contribution is 2.68. The van der Waals surface area contributed by atoms with Gasteiger partial charge in [0, 0.05) is 26.2 Å². The van der Waals surface area contributed by atoms with Crippen LogP contribution < -0.4 is 10.2 Å². The number of halogens is 1. The van der Waals surface area contributed by atoms with Crippen LogP contribution in [0.3, 0.4) is 0 Å². The van der Waals surface area contributed by atoms with Gasteiger partial charge in [-0.1, -0.05) is 39.4 Å². The number of fused-ring (bicyclic) bond motifs is 9. The van der Waals surface area contributed by atoms with Gasteiger partial charge in [-0.05, 0) is 66.1 Å². The fourth-order valence-electron chi connectivity index (χ4n) is 7.20. The van der Waals surface area contributed by atoms with Gasteiger partial charge < -0.3 is 15.4 Å². The number of benzene rings is 2. The third-order valence-electron chi connectivity index (χ3n) is 8.48. The number of amides is 3. The van der Waals surface area contributed by atoms with Gasteiger partial charge >= 0.3 is 4.87 Å². The second-order valence-corrected chi connectivity index (χ2v) is 13.5. The molecule has 3 heterocycles. The Bertz CT molecular complexity index is 1550. The van der Waals surface area contributed by atoms with Gasteiger partial charge in [-0.15, -0.1) is 11.8 Å². The molecule has 3 aromatic rings. The maximum absolute atomic E-state index is 13.7. The number of thiazole rings is 1. The highest BCUT2D eigenvalue weighted by Gasteiger charge is 2.69. The van der Waals surface area contributed by atoms with E-state index in [1.807, 2.05) is 12.1 Å². The fraction of sp³-hybridized carbons (Fsp3) is 0.333. The molecular weight excluding hydrogens is 590 g/mol. The minimum absolute atomic E-state index is 0.00144. The van der Waals surface area contributed by atoms with E-state index in [4.69, 9.17) is 0 Å². The highest BCUT2D eigenvalue weighted by molar-refractivity contribution is 9.10. The fourth-order valence-corrected chi connectivity index (χ4v) is 10.5. The number of hydrogen-bond acceptors (Lipinski definition) is 7. The Hall–Kier alpha value is -2.89. The molecule has 8 nitrogen and oxygen atoms in total. The van der Waals surface area contributed by atoms with Crippen LogP contribution in [-0.2, 0) is 14.4 Å². The summed E-state index contributed by atoms with van der Waals surface area (Å²) < 4.78 is 0.952. The molecule has 0 spiro atoms. The molecule has 0 radical (unpaired) electrons. The van der Waals surface area contributed by atoms with E-state index in [0.717, 1.165) is 31.3 Å². The van der Waals surface area contributed by atoms with Crippen molar-refractivity contribution in [3.63, 3.8) is 0 Å². The molecule has 7 rings (SSSR count). The maximum atomic E-state index is 13.7. The molecule has 2 aliphatic heterocycles. The van der Waals surface area contributed by atoms with Crippen LogP contribution in [0.5, 0.6) is 5.75 Å². The predicted octanol–water partition coefficient (Wildman–Crippen LogP) is 4.02. The molecule has 1 saturated heterocycles. The Labute approximate surface area is 234 Å². The molecule has 194 valence electrons. The molecule has 4 aliphatic rings. The second kappa shape index (κ2) is 8.82. The van der Waals surface area contributed by atoms with Crippen molar-refractivity contribution in [2.24, 2.45) is 29.6 Å². The maximum Gasteiger partial charge on any atom is 0.305 e. The monoisotopic (exact) mass is 611 g/mol. The minimum Gasteiger partial charge on any atom is -0.508 e. The van der Waals surface area contributed by atoms with Crippen LogP contribution in [0, 0.1) is 29.6 Å². The topological polar surface area (TPSA) is 120 Å². The first-order valence-electron chi connectivity index (χ1n) is 12.4. The molecular formula is C27H22BrN3O5S2. The van der Waals surface area contributed by atoms with Gasteiger partial charge in [0.25, 0.3) is 0 Å². The Balaban J connectivity index is 1.19. The highest BCUT2D eigenvalue weighted by atomic mass is 79.9. The first-order valence-corrected chi connectivity index (χ1v) is 14.9. The average Bonchev–Trinajstić information content (AvgIpc) is 3.61. The summed E-state index contributed by atoms with van der Waals surface area (Å²) in [6, 6.07) is 14.1. The van der Waals surface area contributed by atoms with Crippen molar-refractivity contribution in [3.05, 3.63) is 73.1 Å². The van der Waals surface area contributed by atoms with Crippen molar-refractivity contribution in [2.75, 3.05) is 11.9 Å². The van der Waals surface area contributed by atoms with E-state index in [1.165, 1.54) is 23.5 Å². The first-order chi connectivity index (χ1) is 18.3. The van der Waals surface area contributed by atoms with Crippen molar-refractivity contribution in [1.82, 2.24) is 9.88 Å². The number of phenols is 1. The van der Waals surface area contributed by atoms with Gasteiger partial charge in [-0.25, -0.2) is 0 Å². The first kappa shape index (κ1) is 24.2. The Morgan fingerprint density at radius 2 is 1.82 bits per heavy atom. The zero-order valence-electron chi connectivity index (χ0n) is 19.8. The molecule has 3 fully saturated rings. The molecule has 38 heavy (non-hydrogen) atoms. The number of carbonyl (C=O) groups excluding carboxylic acids is 3. The molecule has 6 unspecified atom stereocenters. The van der Waals surface area contributed by atoms with Crippen molar-refractivity contribution in [2.45, 2.75) is 22.6 Å². The number of hydrogen-bond donors (Lipinski definition) is 3. The number of nitrogens with one attached hydrogen (secondary N) is 2. The number of carbonyl (C=O) groups is 3. The lowest BCUT2D eigenvalue weighted by atomic mass is 9.68. The van der Waals surface area contributed by atoms with Crippen molar-refractivity contribution in [1.29, 1.82) is 0 Å². The molecule has 1 aromatic heterocycles. The van der Waals surface area contributed by atoms with E-state index in [9.17, 15) is 24.3 Å². The molecule has 2 aliphatic carbocycles. The number of imide groups is 1. The number of phenolic OH excluding ortho intramolecular Hbond substituents is 1. The normalized spacial score (nSPS) is 30.8. The van der Waals surface area contributed by atoms with E-state index in [-0.39, 0.29) is 57.9 Å². The van der Waals surface area contributed by atoms with Crippen molar-refractivity contribution < 1.29 is 19.5 Å². The number of thioether (sulfide) groups is 1. The van der Waals surface area contributed by atoms with Gasteiger partial charge in [-0.3, -0.25) is 24.1 Å². The number of rotatable bonds is 4. The van der Waals surface area contributed by atoms with Crippen LogP contribution in [0.15, 0.2) is 62.8 Å². The average molecular weight is 613 g/mol. The van der Waals surface area contributed by atoms with Gasteiger partial charge in [0.15, 0.2) is 0 Å².